The number of carboxylic acids is 1. The van der Waals surface area contributed by atoms with Crippen molar-refractivity contribution in [1.82, 2.24) is 10.8 Å². The summed E-state index contributed by atoms with van der Waals surface area (Å²) in [5.74, 6) is -0.557. The van der Waals surface area contributed by atoms with Crippen LogP contribution in [0.5, 0.6) is 0 Å². The predicted octanol–water partition coefficient (Wildman–Crippen LogP) is 0.365. The van der Waals surface area contributed by atoms with E-state index < -0.39 is 18.6 Å². The Hall–Kier alpha value is -1.34. The van der Waals surface area contributed by atoms with Crippen molar-refractivity contribution in [2.45, 2.75) is 20.3 Å². The summed E-state index contributed by atoms with van der Waals surface area (Å²) in [7, 11) is 0. The molecule has 0 saturated carbocycles. The van der Waals surface area contributed by atoms with Crippen LogP contribution in [0.15, 0.2) is 0 Å². The Morgan fingerprint density at radius 1 is 1.29 bits per heavy atom. The number of hydrogen-bond donors (Lipinski definition) is 3. The molecule has 0 atom stereocenters. The molecule has 0 radical (unpaired) electrons. The van der Waals surface area contributed by atoms with E-state index in [1.165, 1.54) is 0 Å². The predicted molar refractivity (Wildman–Crippen MR) is 60.4 cm³/mol. The quantitative estimate of drug-likeness (QED) is 0.404. The highest BCUT2D eigenvalue weighted by atomic mass is 16.7. The molecule has 2 amide bonds. The number of hydrogen-bond acceptors (Lipinski definition) is 4. The molecule has 7 heteroatoms. The Balaban J connectivity index is 3.25. The molecule has 0 spiro atoms. The largest absolute Gasteiger partial charge is 0.479 e. The van der Waals surface area contributed by atoms with Gasteiger partial charge < -0.3 is 15.2 Å². The minimum absolute atomic E-state index is 0.348. The van der Waals surface area contributed by atoms with E-state index in [1.54, 1.807) is 0 Å². The maximum Gasteiger partial charge on any atom is 0.338 e. The number of ether oxygens (including phenoxy) is 1. The van der Waals surface area contributed by atoms with Gasteiger partial charge in [0.2, 0.25) is 0 Å². The van der Waals surface area contributed by atoms with Gasteiger partial charge >= 0.3 is 12.0 Å². The summed E-state index contributed by atoms with van der Waals surface area (Å²) >= 11 is 0. The van der Waals surface area contributed by atoms with E-state index in [0.717, 1.165) is 6.42 Å². The van der Waals surface area contributed by atoms with E-state index >= 15 is 0 Å². The van der Waals surface area contributed by atoms with Crippen LogP contribution in [-0.4, -0.2) is 43.5 Å². The first-order valence-corrected chi connectivity index (χ1v) is 5.47. The van der Waals surface area contributed by atoms with Crippen LogP contribution in [0.3, 0.4) is 0 Å². The van der Waals surface area contributed by atoms with Crippen LogP contribution in [0.4, 0.5) is 4.79 Å². The van der Waals surface area contributed by atoms with E-state index in [0.29, 0.717) is 25.7 Å². The topological polar surface area (TPSA) is 96.9 Å². The van der Waals surface area contributed by atoms with Crippen molar-refractivity contribution < 1.29 is 24.3 Å². The summed E-state index contributed by atoms with van der Waals surface area (Å²) in [6.07, 6.45) is 0.980. The number of carboxylic acid groups (broad SMARTS) is 1. The number of rotatable bonds is 9. The highest BCUT2D eigenvalue weighted by Crippen LogP contribution is 1.98. The Bertz CT molecular complexity index is 233. The molecule has 0 fully saturated rings. The first kappa shape index (κ1) is 15.7. The van der Waals surface area contributed by atoms with Crippen molar-refractivity contribution >= 4 is 12.0 Å². The first-order chi connectivity index (χ1) is 8.02. The average Bonchev–Trinajstić information content (AvgIpc) is 2.22. The minimum atomic E-state index is -1.15. The molecule has 3 N–H and O–H groups in total. The molecule has 0 unspecified atom stereocenters. The van der Waals surface area contributed by atoms with Crippen molar-refractivity contribution in [3.05, 3.63) is 0 Å². The maximum atomic E-state index is 11.0. The van der Waals surface area contributed by atoms with Crippen LogP contribution >= 0.6 is 0 Å². The number of urea groups is 1. The molecule has 7 nitrogen and oxygen atoms in total. The smallest absolute Gasteiger partial charge is 0.338 e. The molecular weight excluding hydrogens is 228 g/mol. The van der Waals surface area contributed by atoms with Crippen molar-refractivity contribution in [2.24, 2.45) is 5.92 Å². The van der Waals surface area contributed by atoms with Gasteiger partial charge in [0.25, 0.3) is 0 Å². The molecule has 100 valence electrons. The fraction of sp³-hybridized carbons (Fsp3) is 0.800. The summed E-state index contributed by atoms with van der Waals surface area (Å²) in [6, 6.07) is -0.585. The number of aliphatic carboxylic acids is 1. The van der Waals surface area contributed by atoms with Crippen LogP contribution in [0.25, 0.3) is 0 Å². The second-order valence-corrected chi connectivity index (χ2v) is 3.84. The standard InChI is InChI=1S/C10H20N2O5/c1-8(2)3-5-16-6-4-11-10(15)12-17-7-9(13)14/h8H,3-7H2,1-2H3,(H,13,14)(H2,11,12,15). The molecule has 0 bridgehead atoms. The molecular formula is C10H20N2O5. The third-order valence-corrected chi connectivity index (χ3v) is 1.73. The maximum absolute atomic E-state index is 11.0. The molecule has 0 rings (SSSR count). The fourth-order valence-corrected chi connectivity index (χ4v) is 0.857. The third kappa shape index (κ3) is 12.6. The fourth-order valence-electron chi connectivity index (χ4n) is 0.857. The Labute approximate surface area is 100 Å². The van der Waals surface area contributed by atoms with Crippen LogP contribution in [-0.2, 0) is 14.4 Å². The van der Waals surface area contributed by atoms with Crippen LogP contribution in [0.2, 0.25) is 0 Å². The molecule has 0 aliphatic carbocycles. The van der Waals surface area contributed by atoms with Gasteiger partial charge in [0, 0.05) is 13.2 Å². The van der Waals surface area contributed by atoms with Gasteiger partial charge in [-0.15, -0.1) is 0 Å². The summed E-state index contributed by atoms with van der Waals surface area (Å²) in [6.45, 7) is 5.07. The van der Waals surface area contributed by atoms with E-state index in [4.69, 9.17) is 9.84 Å². The van der Waals surface area contributed by atoms with Gasteiger partial charge in [-0.25, -0.2) is 15.1 Å². The van der Waals surface area contributed by atoms with E-state index in [2.05, 4.69) is 24.0 Å². The molecule has 0 aromatic rings. The number of hydroxylamine groups is 1. The zero-order chi connectivity index (χ0) is 13.1. The third-order valence-electron chi connectivity index (χ3n) is 1.73. The molecule has 0 aliphatic rings. The van der Waals surface area contributed by atoms with Crippen molar-refractivity contribution in [2.75, 3.05) is 26.4 Å². The van der Waals surface area contributed by atoms with E-state index in [9.17, 15) is 9.59 Å². The monoisotopic (exact) mass is 248 g/mol. The van der Waals surface area contributed by atoms with Crippen LogP contribution < -0.4 is 10.8 Å². The van der Waals surface area contributed by atoms with Gasteiger partial charge in [-0.2, -0.15) is 0 Å². The Morgan fingerprint density at radius 2 is 2.00 bits per heavy atom. The lowest BCUT2D eigenvalue weighted by atomic mass is 10.1. The van der Waals surface area contributed by atoms with Crippen molar-refractivity contribution in [1.29, 1.82) is 0 Å². The molecule has 0 aromatic carbocycles. The number of amides is 2. The van der Waals surface area contributed by atoms with Gasteiger partial charge in [0.1, 0.15) is 0 Å². The van der Waals surface area contributed by atoms with Crippen LogP contribution in [0, 0.1) is 5.92 Å². The zero-order valence-corrected chi connectivity index (χ0v) is 10.2. The molecule has 0 aliphatic heterocycles. The van der Waals surface area contributed by atoms with E-state index in [-0.39, 0.29) is 0 Å². The van der Waals surface area contributed by atoms with Gasteiger partial charge in [-0.1, -0.05) is 13.8 Å². The number of carbonyl (C=O) groups is 2. The summed E-state index contributed by atoms with van der Waals surface area (Å²) in [4.78, 5) is 25.4. The lowest BCUT2D eigenvalue weighted by molar-refractivity contribution is -0.144. The highest BCUT2D eigenvalue weighted by Gasteiger charge is 2.01. The van der Waals surface area contributed by atoms with Crippen molar-refractivity contribution in [3.63, 3.8) is 0 Å². The number of nitrogens with one attached hydrogen (secondary N) is 2. The first-order valence-electron chi connectivity index (χ1n) is 5.47. The highest BCUT2D eigenvalue weighted by molar-refractivity contribution is 5.73. The minimum Gasteiger partial charge on any atom is -0.479 e. The summed E-state index contributed by atoms with van der Waals surface area (Å²) in [5.41, 5.74) is 1.94. The second-order valence-electron chi connectivity index (χ2n) is 3.84. The Morgan fingerprint density at radius 3 is 2.59 bits per heavy atom. The normalized spacial score (nSPS) is 10.3. The number of carbonyl (C=O) groups excluding carboxylic acids is 1. The second kappa shape index (κ2) is 9.86. The van der Waals surface area contributed by atoms with Gasteiger partial charge in [-0.3, -0.25) is 4.84 Å². The molecule has 0 aromatic heterocycles. The van der Waals surface area contributed by atoms with E-state index in [1.807, 2.05) is 5.48 Å². The summed E-state index contributed by atoms with van der Waals surface area (Å²) in [5, 5.41) is 10.7. The van der Waals surface area contributed by atoms with Crippen LogP contribution in [0.1, 0.15) is 20.3 Å². The molecule has 0 heterocycles. The summed E-state index contributed by atoms with van der Waals surface area (Å²) < 4.78 is 5.26. The van der Waals surface area contributed by atoms with Crippen molar-refractivity contribution in [3.8, 4) is 0 Å². The lowest BCUT2D eigenvalue weighted by Crippen LogP contribution is -2.38. The molecule has 17 heavy (non-hydrogen) atoms. The lowest BCUT2D eigenvalue weighted by Gasteiger charge is -2.08. The SMILES string of the molecule is CC(C)CCOCCNC(=O)NOCC(=O)O. The Kier molecular flexibility index (Phi) is 9.08. The molecule has 0 saturated heterocycles. The van der Waals surface area contributed by atoms with Gasteiger partial charge in [-0.05, 0) is 12.3 Å². The van der Waals surface area contributed by atoms with Gasteiger partial charge in [0.15, 0.2) is 6.61 Å². The zero-order valence-electron chi connectivity index (χ0n) is 10.2. The average molecular weight is 248 g/mol. The van der Waals surface area contributed by atoms with Gasteiger partial charge in [0.05, 0.1) is 6.61 Å².